The van der Waals surface area contributed by atoms with Crippen molar-refractivity contribution in [1.29, 1.82) is 0 Å². The monoisotopic (exact) mass is 1030 g/mol. The van der Waals surface area contributed by atoms with Gasteiger partial charge in [-0.3, -0.25) is 9.59 Å². The molecule has 0 spiro atoms. The first kappa shape index (κ1) is 71.1. The van der Waals surface area contributed by atoms with Crippen LogP contribution in [0.1, 0.15) is 354 Å². The first-order valence-corrected chi connectivity index (χ1v) is 32.8. The number of aliphatic hydroxyl groups excluding tert-OH is 2. The maximum Gasteiger partial charge on any atom is 0.305 e. The number of allylic oxidation sites excluding steroid dienone is 5. The van der Waals surface area contributed by atoms with Gasteiger partial charge in [0, 0.05) is 12.8 Å². The molecule has 0 aromatic carbocycles. The topological polar surface area (TPSA) is 95.9 Å². The zero-order chi connectivity index (χ0) is 52.9. The first-order chi connectivity index (χ1) is 36.0. The van der Waals surface area contributed by atoms with Crippen LogP contribution in [0.2, 0.25) is 0 Å². The van der Waals surface area contributed by atoms with E-state index in [0.29, 0.717) is 19.4 Å². The maximum absolute atomic E-state index is 12.5. The Bertz CT molecular complexity index is 1180. The van der Waals surface area contributed by atoms with Crippen LogP contribution in [0.5, 0.6) is 0 Å². The van der Waals surface area contributed by atoms with Gasteiger partial charge in [-0.15, -0.1) is 0 Å². The minimum absolute atomic E-state index is 0.00357. The molecule has 0 aliphatic carbocycles. The number of rotatable bonds is 61. The van der Waals surface area contributed by atoms with Crippen LogP contribution in [0, 0.1) is 0 Å². The van der Waals surface area contributed by atoms with E-state index in [1.54, 1.807) is 6.08 Å². The summed E-state index contributed by atoms with van der Waals surface area (Å²) in [6.07, 6.45) is 79.0. The molecule has 0 rings (SSSR count). The van der Waals surface area contributed by atoms with Gasteiger partial charge in [0.05, 0.1) is 25.4 Å². The van der Waals surface area contributed by atoms with Crippen molar-refractivity contribution in [3.05, 3.63) is 36.5 Å². The van der Waals surface area contributed by atoms with E-state index >= 15 is 0 Å². The largest absolute Gasteiger partial charge is 0.466 e. The fraction of sp³-hybridized carbons (Fsp3) is 0.881. The molecule has 0 aliphatic heterocycles. The number of amides is 1. The molecule has 0 aromatic heterocycles. The number of carbonyl (C=O) groups is 2. The molecule has 2 atom stereocenters. The molecule has 0 saturated heterocycles. The summed E-state index contributed by atoms with van der Waals surface area (Å²) in [5, 5.41) is 23.2. The number of aliphatic hydroxyl groups is 2. The molecule has 0 heterocycles. The first-order valence-electron chi connectivity index (χ1n) is 32.8. The van der Waals surface area contributed by atoms with Gasteiger partial charge in [0.2, 0.25) is 5.91 Å². The van der Waals surface area contributed by atoms with Crippen LogP contribution < -0.4 is 5.32 Å². The zero-order valence-corrected chi connectivity index (χ0v) is 49.1. The third-order valence-corrected chi connectivity index (χ3v) is 15.2. The molecule has 73 heavy (non-hydrogen) atoms. The van der Waals surface area contributed by atoms with Crippen molar-refractivity contribution in [3.8, 4) is 0 Å². The molecule has 0 aromatic rings. The average molecular weight is 1030 g/mol. The second-order valence-corrected chi connectivity index (χ2v) is 22.5. The van der Waals surface area contributed by atoms with Crippen LogP contribution >= 0.6 is 0 Å². The third kappa shape index (κ3) is 59.2. The molecule has 0 aliphatic rings. The Morgan fingerprint density at radius 2 is 0.685 bits per heavy atom. The van der Waals surface area contributed by atoms with Crippen molar-refractivity contribution in [3.63, 3.8) is 0 Å². The van der Waals surface area contributed by atoms with E-state index in [9.17, 15) is 19.8 Å². The lowest BCUT2D eigenvalue weighted by atomic mass is 10.0. The number of nitrogens with one attached hydrogen (secondary N) is 1. The number of carbonyl (C=O) groups excluding carboxylic acids is 2. The normalized spacial score (nSPS) is 12.8. The van der Waals surface area contributed by atoms with Crippen LogP contribution in [0.15, 0.2) is 36.5 Å². The highest BCUT2D eigenvalue weighted by atomic mass is 16.5. The molecule has 0 bridgehead atoms. The minimum Gasteiger partial charge on any atom is -0.466 e. The summed E-state index contributed by atoms with van der Waals surface area (Å²) in [6.45, 7) is 4.89. The second-order valence-electron chi connectivity index (χ2n) is 22.5. The molecule has 0 radical (unpaired) electrons. The highest BCUT2D eigenvalue weighted by molar-refractivity contribution is 5.76. The van der Waals surface area contributed by atoms with Gasteiger partial charge in [-0.25, -0.2) is 0 Å². The summed E-state index contributed by atoms with van der Waals surface area (Å²) in [5.74, 6) is -0.0771. The molecule has 0 saturated carbocycles. The van der Waals surface area contributed by atoms with Crippen molar-refractivity contribution in [2.24, 2.45) is 0 Å². The minimum atomic E-state index is -0.852. The SMILES string of the molecule is CCCCC/C=C\C/C=C\CCCCCCCCCCCC(=O)OCCCCCCCCCCCCCCCCCC(=O)NC(CO)C(O)/C=C/CCCCCCCCCCCCCCCCCCCCCC. The molecule has 430 valence electrons. The number of esters is 1. The Morgan fingerprint density at radius 1 is 0.384 bits per heavy atom. The number of ether oxygens (including phenoxy) is 1. The van der Waals surface area contributed by atoms with Crippen LogP contribution in [0.25, 0.3) is 0 Å². The summed E-state index contributed by atoms with van der Waals surface area (Å²) in [7, 11) is 0. The molecule has 2 unspecified atom stereocenters. The lowest BCUT2D eigenvalue weighted by Gasteiger charge is -2.20. The van der Waals surface area contributed by atoms with Gasteiger partial charge in [-0.05, 0) is 64.2 Å². The quantitative estimate of drug-likeness (QED) is 0.0320. The molecule has 0 fully saturated rings. The van der Waals surface area contributed by atoms with E-state index < -0.39 is 12.1 Å². The molecule has 6 heteroatoms. The Hall–Kier alpha value is -1.92. The van der Waals surface area contributed by atoms with Gasteiger partial charge < -0.3 is 20.3 Å². The van der Waals surface area contributed by atoms with E-state index in [4.69, 9.17) is 4.74 Å². The highest BCUT2D eigenvalue weighted by Gasteiger charge is 2.18. The Labute approximate surface area is 455 Å². The lowest BCUT2D eigenvalue weighted by Crippen LogP contribution is -2.45. The van der Waals surface area contributed by atoms with Gasteiger partial charge in [0.25, 0.3) is 0 Å². The molecule has 3 N–H and O–H groups in total. The number of unbranched alkanes of at least 4 members (excludes halogenated alkanes) is 46. The van der Waals surface area contributed by atoms with Crippen molar-refractivity contribution < 1.29 is 24.5 Å². The Kier molecular flexibility index (Phi) is 61.0. The summed E-state index contributed by atoms with van der Waals surface area (Å²) in [5.41, 5.74) is 0. The fourth-order valence-corrected chi connectivity index (χ4v) is 10.1. The van der Waals surface area contributed by atoms with Gasteiger partial charge in [-0.2, -0.15) is 0 Å². The number of hydrogen-bond acceptors (Lipinski definition) is 5. The Morgan fingerprint density at radius 3 is 1.07 bits per heavy atom. The van der Waals surface area contributed by atoms with Crippen LogP contribution in [0.4, 0.5) is 0 Å². The third-order valence-electron chi connectivity index (χ3n) is 15.2. The summed E-state index contributed by atoms with van der Waals surface area (Å²) in [4.78, 5) is 24.6. The van der Waals surface area contributed by atoms with E-state index in [1.807, 2.05) is 6.08 Å². The van der Waals surface area contributed by atoms with E-state index in [-0.39, 0.29) is 18.5 Å². The van der Waals surface area contributed by atoms with Gasteiger partial charge in [0.15, 0.2) is 0 Å². The molecular formula is C67H127NO5. The van der Waals surface area contributed by atoms with Crippen LogP contribution in [-0.2, 0) is 14.3 Å². The van der Waals surface area contributed by atoms with Gasteiger partial charge in [-0.1, -0.05) is 314 Å². The number of hydrogen-bond donors (Lipinski definition) is 3. The predicted molar refractivity (Wildman–Crippen MR) is 319 cm³/mol. The molecular weight excluding hydrogens is 899 g/mol. The van der Waals surface area contributed by atoms with Crippen molar-refractivity contribution in [2.45, 2.75) is 366 Å². The van der Waals surface area contributed by atoms with Crippen molar-refractivity contribution in [2.75, 3.05) is 13.2 Å². The van der Waals surface area contributed by atoms with Crippen LogP contribution in [-0.4, -0.2) is 47.4 Å². The van der Waals surface area contributed by atoms with Gasteiger partial charge >= 0.3 is 5.97 Å². The van der Waals surface area contributed by atoms with E-state index in [0.717, 1.165) is 64.2 Å². The fourth-order valence-electron chi connectivity index (χ4n) is 10.1. The zero-order valence-electron chi connectivity index (χ0n) is 49.1. The standard InChI is InChI=1S/C67H127NO5/c1-3-5-7-9-11-13-15-17-19-21-23-24-25-27-28-31-35-39-43-47-51-55-59-65(70)64(63-69)68-66(71)60-56-52-48-44-40-36-32-30-34-38-42-46-50-54-58-62-73-67(72)61-57-53-49-45-41-37-33-29-26-22-20-18-16-14-12-10-8-6-4-2/h12,14,18,20,55,59,64-65,69-70H,3-11,13,15-17,19,21-54,56-58,60-63H2,1-2H3,(H,68,71)/b14-12-,20-18-,59-55+. The summed E-state index contributed by atoms with van der Waals surface area (Å²) >= 11 is 0. The molecule has 6 nitrogen and oxygen atoms in total. The van der Waals surface area contributed by atoms with Crippen LogP contribution in [0.3, 0.4) is 0 Å². The summed E-state index contributed by atoms with van der Waals surface area (Å²) < 4.78 is 5.49. The molecule has 1 amide bonds. The van der Waals surface area contributed by atoms with E-state index in [2.05, 4.69) is 43.5 Å². The Balaban J connectivity index is 3.45. The highest BCUT2D eigenvalue weighted by Crippen LogP contribution is 2.18. The summed E-state index contributed by atoms with van der Waals surface area (Å²) in [6, 6.07) is -0.636. The average Bonchev–Trinajstić information content (AvgIpc) is 3.39. The smallest absolute Gasteiger partial charge is 0.305 e. The van der Waals surface area contributed by atoms with Crippen molar-refractivity contribution >= 4 is 11.9 Å². The predicted octanol–water partition coefficient (Wildman–Crippen LogP) is 20.8. The van der Waals surface area contributed by atoms with Crippen molar-refractivity contribution in [1.82, 2.24) is 5.32 Å². The van der Waals surface area contributed by atoms with E-state index in [1.165, 1.54) is 263 Å². The second kappa shape index (κ2) is 62.6. The van der Waals surface area contributed by atoms with Gasteiger partial charge in [0.1, 0.15) is 0 Å². The lowest BCUT2D eigenvalue weighted by molar-refractivity contribution is -0.143. The maximum atomic E-state index is 12.5.